The van der Waals surface area contributed by atoms with Crippen LogP contribution in [0.5, 0.6) is 0 Å². The van der Waals surface area contributed by atoms with Crippen molar-refractivity contribution >= 4 is 5.91 Å². The minimum Gasteiger partial charge on any atom is -0.346 e. The molecule has 110 valence electrons. The number of hydrogen-bond donors (Lipinski definition) is 1. The summed E-state index contributed by atoms with van der Waals surface area (Å²) in [5, 5.41) is 7.28. The van der Waals surface area contributed by atoms with Crippen LogP contribution in [0.1, 0.15) is 16.1 Å². The Morgan fingerprint density at radius 2 is 2.00 bits per heavy atom. The van der Waals surface area contributed by atoms with E-state index in [1.54, 1.807) is 35.4 Å². The molecule has 0 saturated carbocycles. The molecule has 0 radical (unpaired) electrons. The quantitative estimate of drug-likeness (QED) is 0.796. The minimum absolute atomic E-state index is 0.108. The van der Waals surface area contributed by atoms with E-state index in [0.717, 1.165) is 11.4 Å². The maximum atomic E-state index is 12.0. The molecule has 0 aliphatic heterocycles. The second-order valence-corrected chi connectivity index (χ2v) is 4.78. The Bertz CT molecular complexity index is 768. The Kier molecular flexibility index (Phi) is 3.91. The van der Waals surface area contributed by atoms with Crippen molar-refractivity contribution in [2.45, 2.75) is 6.54 Å². The number of carbonyl (C=O) groups excluding carboxylic acids is 1. The fraction of sp³-hybridized carbons (Fsp3) is 0.125. The van der Waals surface area contributed by atoms with Gasteiger partial charge in [-0.1, -0.05) is 18.2 Å². The number of aromatic nitrogens is 4. The van der Waals surface area contributed by atoms with Crippen LogP contribution in [-0.4, -0.2) is 25.7 Å². The third kappa shape index (κ3) is 3.01. The largest absolute Gasteiger partial charge is 0.346 e. The van der Waals surface area contributed by atoms with E-state index in [9.17, 15) is 4.79 Å². The van der Waals surface area contributed by atoms with Gasteiger partial charge in [-0.15, -0.1) is 0 Å². The minimum atomic E-state index is -0.108. The predicted molar refractivity (Wildman–Crippen MR) is 81.8 cm³/mol. The molecule has 0 saturated heterocycles. The Morgan fingerprint density at radius 3 is 2.73 bits per heavy atom. The van der Waals surface area contributed by atoms with Crippen LogP contribution in [-0.2, 0) is 13.6 Å². The van der Waals surface area contributed by atoms with E-state index < -0.39 is 0 Å². The van der Waals surface area contributed by atoms with Gasteiger partial charge in [0.05, 0.1) is 18.4 Å². The van der Waals surface area contributed by atoms with E-state index in [0.29, 0.717) is 17.8 Å². The number of aryl methyl sites for hydroxylation is 1. The van der Waals surface area contributed by atoms with Crippen LogP contribution >= 0.6 is 0 Å². The number of carbonyl (C=O) groups is 1. The van der Waals surface area contributed by atoms with Crippen molar-refractivity contribution in [2.75, 3.05) is 0 Å². The van der Waals surface area contributed by atoms with Crippen molar-refractivity contribution in [2.24, 2.45) is 7.05 Å². The molecule has 6 nitrogen and oxygen atoms in total. The molecule has 6 heteroatoms. The van der Waals surface area contributed by atoms with Crippen LogP contribution < -0.4 is 5.32 Å². The SMILES string of the molecule is Cn1nc(-c2cnccn2)cc1CNC(=O)c1ccccc1. The van der Waals surface area contributed by atoms with Crippen molar-refractivity contribution < 1.29 is 4.79 Å². The number of nitrogens with one attached hydrogen (secondary N) is 1. The van der Waals surface area contributed by atoms with Crippen LogP contribution in [0.25, 0.3) is 11.4 Å². The predicted octanol–water partition coefficient (Wildman–Crippen LogP) is 1.81. The molecule has 0 bridgehead atoms. The standard InChI is InChI=1S/C16H15N5O/c1-21-13(9-14(20-21)15-11-17-7-8-18-15)10-19-16(22)12-5-3-2-4-6-12/h2-9,11H,10H2,1H3,(H,19,22). The molecule has 0 aliphatic rings. The highest BCUT2D eigenvalue weighted by Crippen LogP contribution is 2.15. The Balaban J connectivity index is 1.71. The van der Waals surface area contributed by atoms with E-state index in [-0.39, 0.29) is 5.91 Å². The lowest BCUT2D eigenvalue weighted by Crippen LogP contribution is -2.23. The summed E-state index contributed by atoms with van der Waals surface area (Å²) in [7, 11) is 1.84. The summed E-state index contributed by atoms with van der Waals surface area (Å²) in [6.45, 7) is 0.400. The zero-order chi connectivity index (χ0) is 15.4. The summed E-state index contributed by atoms with van der Waals surface area (Å²) in [5.41, 5.74) is 2.97. The van der Waals surface area contributed by atoms with Crippen LogP contribution in [0, 0.1) is 0 Å². The number of benzene rings is 1. The summed E-state index contributed by atoms with van der Waals surface area (Å²) in [6.07, 6.45) is 4.91. The van der Waals surface area contributed by atoms with E-state index >= 15 is 0 Å². The summed E-state index contributed by atoms with van der Waals surface area (Å²) in [5.74, 6) is -0.108. The monoisotopic (exact) mass is 293 g/mol. The molecule has 22 heavy (non-hydrogen) atoms. The van der Waals surface area contributed by atoms with Gasteiger partial charge in [0.25, 0.3) is 5.91 Å². The van der Waals surface area contributed by atoms with Gasteiger partial charge in [0.1, 0.15) is 11.4 Å². The molecule has 2 aromatic heterocycles. The molecule has 3 aromatic rings. The third-order valence-corrected chi connectivity index (χ3v) is 3.27. The van der Waals surface area contributed by atoms with Crippen LogP contribution in [0.15, 0.2) is 55.0 Å². The van der Waals surface area contributed by atoms with Gasteiger partial charge in [-0.25, -0.2) is 0 Å². The maximum absolute atomic E-state index is 12.0. The lowest BCUT2D eigenvalue weighted by atomic mass is 10.2. The molecule has 3 rings (SSSR count). The van der Waals surface area contributed by atoms with E-state index in [1.165, 1.54) is 0 Å². The van der Waals surface area contributed by atoms with Crippen molar-refractivity contribution in [1.82, 2.24) is 25.1 Å². The molecule has 0 aliphatic carbocycles. The van der Waals surface area contributed by atoms with Crippen LogP contribution in [0.3, 0.4) is 0 Å². The van der Waals surface area contributed by atoms with Gasteiger partial charge in [0.15, 0.2) is 0 Å². The van der Waals surface area contributed by atoms with Gasteiger partial charge in [0.2, 0.25) is 0 Å². The van der Waals surface area contributed by atoms with Crippen molar-refractivity contribution in [1.29, 1.82) is 0 Å². The highest BCUT2D eigenvalue weighted by molar-refractivity contribution is 5.94. The number of amides is 1. The first kappa shape index (κ1) is 13.9. The summed E-state index contributed by atoms with van der Waals surface area (Å²) < 4.78 is 1.73. The molecule has 1 aromatic carbocycles. The molecule has 0 atom stereocenters. The van der Waals surface area contributed by atoms with E-state index in [4.69, 9.17) is 0 Å². The smallest absolute Gasteiger partial charge is 0.251 e. The fourth-order valence-corrected chi connectivity index (χ4v) is 2.09. The summed E-state index contributed by atoms with van der Waals surface area (Å²) >= 11 is 0. The highest BCUT2D eigenvalue weighted by Gasteiger charge is 2.10. The Morgan fingerprint density at radius 1 is 1.18 bits per heavy atom. The molecule has 0 fully saturated rings. The first-order chi connectivity index (χ1) is 10.7. The Hall–Kier alpha value is -3.02. The number of hydrogen-bond acceptors (Lipinski definition) is 4. The molecular formula is C16H15N5O. The topological polar surface area (TPSA) is 72.7 Å². The van der Waals surface area contributed by atoms with Gasteiger partial charge in [-0.05, 0) is 18.2 Å². The number of nitrogens with zero attached hydrogens (tertiary/aromatic N) is 4. The van der Waals surface area contributed by atoms with E-state index in [1.807, 2.05) is 31.3 Å². The van der Waals surface area contributed by atoms with Gasteiger partial charge in [-0.3, -0.25) is 19.4 Å². The van der Waals surface area contributed by atoms with Crippen molar-refractivity contribution in [3.05, 3.63) is 66.2 Å². The van der Waals surface area contributed by atoms with E-state index in [2.05, 4.69) is 20.4 Å². The van der Waals surface area contributed by atoms with Crippen molar-refractivity contribution in [3.8, 4) is 11.4 Å². The summed E-state index contributed by atoms with van der Waals surface area (Å²) in [6, 6.07) is 11.0. The Labute approximate surface area is 127 Å². The molecule has 0 spiro atoms. The molecule has 0 unspecified atom stereocenters. The van der Waals surface area contributed by atoms with Gasteiger partial charge in [-0.2, -0.15) is 5.10 Å². The second kappa shape index (κ2) is 6.17. The third-order valence-electron chi connectivity index (χ3n) is 3.27. The average Bonchev–Trinajstić information content (AvgIpc) is 2.95. The lowest BCUT2D eigenvalue weighted by Gasteiger charge is -2.05. The van der Waals surface area contributed by atoms with Gasteiger partial charge < -0.3 is 5.32 Å². The van der Waals surface area contributed by atoms with Gasteiger partial charge >= 0.3 is 0 Å². The average molecular weight is 293 g/mol. The second-order valence-electron chi connectivity index (χ2n) is 4.78. The fourth-order valence-electron chi connectivity index (χ4n) is 2.09. The van der Waals surface area contributed by atoms with Crippen LogP contribution in [0.4, 0.5) is 0 Å². The molecule has 1 amide bonds. The lowest BCUT2D eigenvalue weighted by molar-refractivity contribution is 0.0950. The zero-order valence-electron chi connectivity index (χ0n) is 12.1. The molecule has 1 N–H and O–H groups in total. The zero-order valence-corrected chi connectivity index (χ0v) is 12.1. The highest BCUT2D eigenvalue weighted by atomic mass is 16.1. The molecule has 2 heterocycles. The first-order valence-electron chi connectivity index (χ1n) is 6.86. The normalized spacial score (nSPS) is 10.4. The number of rotatable bonds is 4. The maximum Gasteiger partial charge on any atom is 0.251 e. The van der Waals surface area contributed by atoms with Crippen LogP contribution in [0.2, 0.25) is 0 Å². The van der Waals surface area contributed by atoms with Crippen molar-refractivity contribution in [3.63, 3.8) is 0 Å². The first-order valence-corrected chi connectivity index (χ1v) is 6.86. The summed E-state index contributed by atoms with van der Waals surface area (Å²) in [4.78, 5) is 20.3. The van der Waals surface area contributed by atoms with Gasteiger partial charge in [0, 0.05) is 25.0 Å². The molecular weight excluding hydrogens is 278 g/mol.